The van der Waals surface area contributed by atoms with Gasteiger partial charge in [-0.15, -0.1) is 0 Å². The van der Waals surface area contributed by atoms with Crippen molar-refractivity contribution in [2.75, 3.05) is 39.8 Å². The lowest BCUT2D eigenvalue weighted by Gasteiger charge is -2.35. The van der Waals surface area contributed by atoms with Crippen molar-refractivity contribution >= 4 is 21.8 Å². The Morgan fingerprint density at radius 1 is 1.04 bits per heavy atom. The first-order valence-electron chi connectivity index (χ1n) is 8.88. The summed E-state index contributed by atoms with van der Waals surface area (Å²) < 4.78 is 26.3. The topological polar surface area (TPSA) is 78.0 Å². The van der Waals surface area contributed by atoms with Gasteiger partial charge in [0, 0.05) is 39.1 Å². The van der Waals surface area contributed by atoms with Gasteiger partial charge in [-0.3, -0.25) is 9.59 Å². The standard InChI is InChI=1S/C18H25N3O4S/c1-14-3-7-16(8-4-14)26(24,25)19(2)13-17(22)20-9-11-21(12-10-20)18(23)15-5-6-15/h3-4,7-8,15H,5-6,9-13H2,1-2H3. The minimum Gasteiger partial charge on any atom is -0.339 e. The molecular weight excluding hydrogens is 354 g/mol. The molecule has 1 saturated carbocycles. The molecule has 1 aliphatic heterocycles. The van der Waals surface area contributed by atoms with Gasteiger partial charge in [0.25, 0.3) is 0 Å². The molecule has 0 bridgehead atoms. The zero-order valence-electron chi connectivity index (χ0n) is 15.2. The molecule has 1 aromatic rings. The Morgan fingerprint density at radius 2 is 1.58 bits per heavy atom. The number of carbonyl (C=O) groups is 2. The summed E-state index contributed by atoms with van der Waals surface area (Å²) in [5.41, 5.74) is 0.973. The van der Waals surface area contributed by atoms with Gasteiger partial charge in [0.05, 0.1) is 11.4 Å². The summed E-state index contributed by atoms with van der Waals surface area (Å²) in [6.07, 6.45) is 1.94. The molecule has 2 amide bonds. The van der Waals surface area contributed by atoms with E-state index in [0.717, 1.165) is 22.7 Å². The molecular formula is C18H25N3O4S. The van der Waals surface area contributed by atoms with E-state index in [1.807, 2.05) is 11.8 Å². The van der Waals surface area contributed by atoms with Crippen LogP contribution in [0.4, 0.5) is 0 Å². The van der Waals surface area contributed by atoms with E-state index in [2.05, 4.69) is 0 Å². The van der Waals surface area contributed by atoms with Crippen LogP contribution in [0.3, 0.4) is 0 Å². The Hall–Kier alpha value is -1.93. The third-order valence-corrected chi connectivity index (χ3v) is 6.78. The zero-order chi connectivity index (χ0) is 18.9. The lowest BCUT2D eigenvalue weighted by molar-refractivity contribution is -0.140. The van der Waals surface area contributed by atoms with Crippen LogP contribution in [-0.4, -0.2) is 74.1 Å². The Labute approximate surface area is 154 Å². The number of aryl methyl sites for hydroxylation is 1. The van der Waals surface area contributed by atoms with Gasteiger partial charge >= 0.3 is 0 Å². The predicted molar refractivity (Wildman–Crippen MR) is 96.9 cm³/mol. The van der Waals surface area contributed by atoms with Crippen molar-refractivity contribution in [1.82, 2.24) is 14.1 Å². The normalized spacial score (nSPS) is 18.3. The Morgan fingerprint density at radius 3 is 2.12 bits per heavy atom. The van der Waals surface area contributed by atoms with E-state index in [1.165, 1.54) is 7.05 Å². The lowest BCUT2D eigenvalue weighted by atomic mass is 10.2. The minimum absolute atomic E-state index is 0.179. The monoisotopic (exact) mass is 379 g/mol. The molecule has 0 unspecified atom stereocenters. The van der Waals surface area contributed by atoms with Crippen LogP contribution in [0.5, 0.6) is 0 Å². The van der Waals surface area contributed by atoms with Crippen molar-refractivity contribution in [1.29, 1.82) is 0 Å². The summed E-state index contributed by atoms with van der Waals surface area (Å²) in [5.74, 6) is 0.140. The SMILES string of the molecule is Cc1ccc(S(=O)(=O)N(C)CC(=O)N2CCN(C(=O)C3CC3)CC2)cc1. The van der Waals surface area contributed by atoms with E-state index in [4.69, 9.17) is 0 Å². The molecule has 26 heavy (non-hydrogen) atoms. The highest BCUT2D eigenvalue weighted by molar-refractivity contribution is 7.89. The molecule has 1 heterocycles. The van der Waals surface area contributed by atoms with Crippen molar-refractivity contribution in [2.24, 2.45) is 5.92 Å². The number of sulfonamides is 1. The van der Waals surface area contributed by atoms with Crippen molar-refractivity contribution in [2.45, 2.75) is 24.7 Å². The Bertz CT molecular complexity index is 779. The molecule has 3 rings (SSSR count). The fourth-order valence-electron chi connectivity index (χ4n) is 3.03. The highest BCUT2D eigenvalue weighted by Gasteiger charge is 2.35. The molecule has 0 N–H and O–H groups in total. The van der Waals surface area contributed by atoms with Gasteiger partial charge in [-0.1, -0.05) is 17.7 Å². The van der Waals surface area contributed by atoms with Gasteiger partial charge in [0.15, 0.2) is 0 Å². The maximum Gasteiger partial charge on any atom is 0.243 e. The molecule has 142 valence electrons. The maximum atomic E-state index is 12.6. The van der Waals surface area contributed by atoms with Crippen LogP contribution in [0.1, 0.15) is 18.4 Å². The number of hydrogen-bond donors (Lipinski definition) is 0. The Balaban J connectivity index is 1.55. The molecule has 0 spiro atoms. The molecule has 0 radical (unpaired) electrons. The number of rotatable bonds is 5. The summed E-state index contributed by atoms with van der Waals surface area (Å²) in [7, 11) is -2.28. The van der Waals surface area contributed by atoms with Gasteiger partial charge < -0.3 is 9.80 Å². The first kappa shape index (κ1) is 18.8. The molecule has 8 heteroatoms. The smallest absolute Gasteiger partial charge is 0.243 e. The van der Waals surface area contributed by atoms with Gasteiger partial charge in [0.2, 0.25) is 21.8 Å². The van der Waals surface area contributed by atoms with Crippen molar-refractivity contribution in [3.05, 3.63) is 29.8 Å². The van der Waals surface area contributed by atoms with Gasteiger partial charge in [0.1, 0.15) is 0 Å². The number of amides is 2. The number of hydrogen-bond acceptors (Lipinski definition) is 4. The molecule has 7 nitrogen and oxygen atoms in total. The van der Waals surface area contributed by atoms with E-state index in [0.29, 0.717) is 26.2 Å². The van der Waals surface area contributed by atoms with Crippen LogP contribution >= 0.6 is 0 Å². The second-order valence-electron chi connectivity index (χ2n) is 7.05. The van der Waals surface area contributed by atoms with Crippen molar-refractivity contribution < 1.29 is 18.0 Å². The van der Waals surface area contributed by atoms with E-state index < -0.39 is 10.0 Å². The van der Waals surface area contributed by atoms with Gasteiger partial charge in [-0.05, 0) is 31.9 Å². The highest BCUT2D eigenvalue weighted by atomic mass is 32.2. The third kappa shape index (κ3) is 4.07. The Kier molecular flexibility index (Phi) is 5.34. The van der Waals surface area contributed by atoms with E-state index in [-0.39, 0.29) is 29.2 Å². The third-order valence-electron chi connectivity index (χ3n) is 4.96. The minimum atomic E-state index is -3.70. The molecule has 1 aromatic carbocycles. The van der Waals surface area contributed by atoms with Crippen LogP contribution < -0.4 is 0 Å². The van der Waals surface area contributed by atoms with Crippen LogP contribution in [-0.2, 0) is 19.6 Å². The fraction of sp³-hybridized carbons (Fsp3) is 0.556. The first-order valence-corrected chi connectivity index (χ1v) is 10.3. The summed E-state index contributed by atoms with van der Waals surface area (Å²) in [6, 6.07) is 6.57. The van der Waals surface area contributed by atoms with Crippen molar-refractivity contribution in [3.63, 3.8) is 0 Å². The van der Waals surface area contributed by atoms with Gasteiger partial charge in [-0.25, -0.2) is 8.42 Å². The first-order chi connectivity index (χ1) is 12.3. The number of nitrogens with zero attached hydrogens (tertiary/aromatic N) is 3. The number of carbonyl (C=O) groups excluding carboxylic acids is 2. The predicted octanol–water partition coefficient (Wildman–Crippen LogP) is 0.696. The largest absolute Gasteiger partial charge is 0.339 e. The van der Waals surface area contributed by atoms with E-state index in [1.54, 1.807) is 29.2 Å². The summed E-state index contributed by atoms with van der Waals surface area (Å²) in [5, 5.41) is 0. The van der Waals surface area contributed by atoms with Crippen LogP contribution in [0.25, 0.3) is 0 Å². The average Bonchev–Trinajstić information content (AvgIpc) is 3.46. The molecule has 1 saturated heterocycles. The number of likely N-dealkylation sites (N-methyl/N-ethyl adjacent to an activating group) is 1. The van der Waals surface area contributed by atoms with E-state index in [9.17, 15) is 18.0 Å². The number of piperazine rings is 1. The molecule has 0 aromatic heterocycles. The molecule has 0 atom stereocenters. The summed E-state index contributed by atoms with van der Waals surface area (Å²) in [4.78, 5) is 28.2. The van der Waals surface area contributed by atoms with E-state index >= 15 is 0 Å². The quantitative estimate of drug-likeness (QED) is 0.754. The fourth-order valence-corrected chi connectivity index (χ4v) is 4.15. The average molecular weight is 379 g/mol. The number of benzene rings is 1. The van der Waals surface area contributed by atoms with Gasteiger partial charge in [-0.2, -0.15) is 4.31 Å². The molecule has 1 aliphatic carbocycles. The summed E-state index contributed by atoms with van der Waals surface area (Å²) in [6.45, 7) is 3.64. The zero-order valence-corrected chi connectivity index (χ0v) is 16.0. The second kappa shape index (κ2) is 7.36. The maximum absolute atomic E-state index is 12.6. The lowest BCUT2D eigenvalue weighted by Crippen LogP contribution is -2.53. The highest BCUT2D eigenvalue weighted by Crippen LogP contribution is 2.31. The van der Waals surface area contributed by atoms with Crippen LogP contribution in [0, 0.1) is 12.8 Å². The van der Waals surface area contributed by atoms with Crippen LogP contribution in [0.2, 0.25) is 0 Å². The molecule has 2 fully saturated rings. The van der Waals surface area contributed by atoms with Crippen LogP contribution in [0.15, 0.2) is 29.2 Å². The summed E-state index contributed by atoms with van der Waals surface area (Å²) >= 11 is 0. The molecule has 2 aliphatic rings. The van der Waals surface area contributed by atoms with Crippen molar-refractivity contribution in [3.8, 4) is 0 Å². The second-order valence-corrected chi connectivity index (χ2v) is 9.10.